The van der Waals surface area contributed by atoms with E-state index in [9.17, 15) is 14.4 Å². The number of carbonyl (C=O) groups is 3. The maximum absolute atomic E-state index is 11.2. The molecule has 6 nitrogen and oxygen atoms in total. The fraction of sp³-hybridized carbons (Fsp3) is 0.679. The number of Topliss-reactive ketones (excluding diaryl/α,β-unsaturated/α-hetero) is 3. The first-order valence-corrected chi connectivity index (χ1v) is 14.9. The third-order valence-electron chi connectivity index (χ3n) is 4.55. The molecule has 1 rings (SSSR count). The van der Waals surface area contributed by atoms with Crippen molar-refractivity contribution in [1.29, 1.82) is 0 Å². The number of unbranched alkanes of at least 4 members (excludes halogenated alkanes) is 3. The molecule has 0 bridgehead atoms. The maximum Gasteiger partial charge on any atom is 0.159 e. The summed E-state index contributed by atoms with van der Waals surface area (Å²) < 4.78 is 10.9. The second-order valence-corrected chi connectivity index (χ2v) is 7.50. The van der Waals surface area contributed by atoms with Crippen LogP contribution in [0.15, 0.2) is 18.2 Å². The molecule has 0 saturated heterocycles. The van der Waals surface area contributed by atoms with Crippen LogP contribution < -0.4 is 5.32 Å². The van der Waals surface area contributed by atoms with E-state index in [1.54, 1.807) is 0 Å². The first-order valence-electron chi connectivity index (χ1n) is 12.7. The molecule has 1 N–H and O–H groups in total. The summed E-state index contributed by atoms with van der Waals surface area (Å²) in [7, 11) is 0. The molecule has 35 heavy (non-hydrogen) atoms. The highest BCUT2D eigenvalue weighted by atomic mass is 127. The third-order valence-corrected chi connectivity index (χ3v) is 4.55. The molecule has 0 radical (unpaired) electrons. The van der Waals surface area contributed by atoms with Gasteiger partial charge in [0.25, 0.3) is 0 Å². The molecule has 7 heteroatoms. The van der Waals surface area contributed by atoms with Gasteiger partial charge in [0.1, 0.15) is 0 Å². The van der Waals surface area contributed by atoms with Crippen molar-refractivity contribution in [2.45, 2.75) is 80.6 Å². The van der Waals surface area contributed by atoms with Crippen molar-refractivity contribution in [2.24, 2.45) is 0 Å². The number of hydrogen-bond acceptors (Lipinski definition) is 6. The lowest BCUT2D eigenvalue weighted by molar-refractivity contribution is 0.0475. The average molecular weight is 608 g/mol. The zero-order valence-electron chi connectivity index (χ0n) is 23.4. The zero-order chi connectivity index (χ0) is 27.5. The quantitative estimate of drug-likeness (QED) is 0.0946. The normalized spacial score (nSPS) is 9.51. The van der Waals surface area contributed by atoms with Gasteiger partial charge in [0.05, 0.1) is 19.8 Å². The monoisotopic (exact) mass is 607 g/mol. The predicted molar refractivity (Wildman–Crippen MR) is 157 cm³/mol. The molecule has 0 spiro atoms. The third kappa shape index (κ3) is 24.3. The van der Waals surface area contributed by atoms with Gasteiger partial charge in [-0.2, -0.15) is 0 Å². The molecule has 1 aromatic carbocycles. The fourth-order valence-electron chi connectivity index (χ4n) is 2.58. The van der Waals surface area contributed by atoms with Crippen LogP contribution in [-0.4, -0.2) is 61.8 Å². The Bertz CT molecular complexity index is 572. The zero-order valence-corrected chi connectivity index (χ0v) is 25.6. The number of benzene rings is 1. The minimum atomic E-state index is -0.152. The van der Waals surface area contributed by atoms with Crippen LogP contribution in [0.3, 0.4) is 0 Å². The van der Waals surface area contributed by atoms with Gasteiger partial charge in [-0.15, -0.1) is 0 Å². The smallest absolute Gasteiger partial charge is 0.159 e. The Morgan fingerprint density at radius 1 is 0.657 bits per heavy atom. The van der Waals surface area contributed by atoms with Crippen molar-refractivity contribution < 1.29 is 23.9 Å². The van der Waals surface area contributed by atoms with E-state index in [-0.39, 0.29) is 17.3 Å². The number of alkyl halides is 1. The maximum atomic E-state index is 11.2. The van der Waals surface area contributed by atoms with Crippen LogP contribution in [0.25, 0.3) is 0 Å². The predicted octanol–water partition coefficient (Wildman–Crippen LogP) is 6.97. The number of nitrogens with one attached hydrogen (secondary N) is 1. The number of hydrogen-bond donors (Lipinski definition) is 1. The van der Waals surface area contributed by atoms with Crippen LogP contribution in [0.1, 0.15) is 112 Å². The minimum Gasteiger partial charge on any atom is -0.379 e. The molecule has 0 unspecified atom stereocenters. The molecule has 0 amide bonds. The largest absolute Gasteiger partial charge is 0.379 e. The summed E-state index contributed by atoms with van der Waals surface area (Å²) >= 11 is 2.15. The van der Waals surface area contributed by atoms with Gasteiger partial charge in [-0.1, -0.05) is 69.5 Å². The Hall–Kier alpha value is -1.16. The Morgan fingerprint density at radius 3 is 1.43 bits per heavy atom. The summed E-state index contributed by atoms with van der Waals surface area (Å²) in [5.74, 6) is -0.457. The lowest BCUT2D eigenvalue weighted by Gasteiger charge is -2.06. The van der Waals surface area contributed by atoms with Gasteiger partial charge in [-0.25, -0.2) is 0 Å². The molecule has 0 aliphatic carbocycles. The van der Waals surface area contributed by atoms with E-state index in [1.807, 2.05) is 18.8 Å². The second-order valence-electron chi connectivity index (χ2n) is 7.50. The van der Waals surface area contributed by atoms with Gasteiger partial charge in [0.2, 0.25) is 0 Å². The van der Waals surface area contributed by atoms with E-state index in [2.05, 4.69) is 41.8 Å². The highest BCUT2D eigenvalue weighted by Crippen LogP contribution is 2.12. The van der Waals surface area contributed by atoms with Crippen molar-refractivity contribution in [3.8, 4) is 0 Å². The summed E-state index contributed by atoms with van der Waals surface area (Å²) in [4.78, 5) is 35.5. The average Bonchev–Trinajstić information content (AvgIpc) is 2.87. The second kappa shape index (κ2) is 29.1. The van der Waals surface area contributed by atoms with Crippen molar-refractivity contribution >= 4 is 39.9 Å². The van der Waals surface area contributed by atoms with Gasteiger partial charge in [-0.05, 0) is 63.3 Å². The van der Waals surface area contributed by atoms with Crippen LogP contribution in [0, 0.1) is 0 Å². The van der Waals surface area contributed by atoms with Gasteiger partial charge < -0.3 is 14.8 Å². The van der Waals surface area contributed by atoms with E-state index in [4.69, 9.17) is 9.47 Å². The summed E-state index contributed by atoms with van der Waals surface area (Å²) in [6, 6.07) is 4.53. The SMILES string of the molecule is CC.CC(=O)c1cc(C(C)=O)cc(C(C)=O)c1.CCCCCOCCOCCNCCCC.CI. The molecule has 0 aliphatic heterocycles. The van der Waals surface area contributed by atoms with Gasteiger partial charge in [0.15, 0.2) is 17.3 Å². The topological polar surface area (TPSA) is 81.7 Å². The molecule has 0 atom stereocenters. The van der Waals surface area contributed by atoms with E-state index in [0.29, 0.717) is 16.7 Å². The number of carbonyl (C=O) groups excluding carboxylic acids is 3. The van der Waals surface area contributed by atoms with Gasteiger partial charge >= 0.3 is 0 Å². The Balaban J connectivity index is -0.000000512. The lowest BCUT2D eigenvalue weighted by atomic mass is 10.00. The standard InChI is InChI=1S/C13H29NO2.C12H12O3.C2H6.CH3I/c1-3-5-7-10-15-12-13-16-11-9-14-8-6-4-2;1-7(13)10-4-11(8(2)14)6-12(5-10)9(3)15;2*1-2/h14H,3-13H2,1-2H3;4-6H,1-3H3;1-2H3;1H3. The summed E-state index contributed by atoms with van der Waals surface area (Å²) in [5.41, 5.74) is 1.19. The van der Waals surface area contributed by atoms with E-state index >= 15 is 0 Å². The molecular weight excluding hydrogens is 557 g/mol. The van der Waals surface area contributed by atoms with Crippen molar-refractivity contribution in [3.05, 3.63) is 34.9 Å². The molecular formula is C28H50INO5. The first-order chi connectivity index (χ1) is 16.8. The van der Waals surface area contributed by atoms with Crippen LogP contribution >= 0.6 is 22.6 Å². The number of ketones is 3. The molecule has 0 aliphatic rings. The van der Waals surface area contributed by atoms with E-state index in [1.165, 1.54) is 71.1 Å². The van der Waals surface area contributed by atoms with Crippen LogP contribution in [0.5, 0.6) is 0 Å². The number of rotatable bonds is 16. The van der Waals surface area contributed by atoms with E-state index in [0.717, 1.165) is 39.5 Å². The first kappa shape index (κ1) is 38.4. The minimum absolute atomic E-state index is 0.152. The molecule has 0 heterocycles. The molecule has 0 aromatic heterocycles. The van der Waals surface area contributed by atoms with Crippen LogP contribution in [0.4, 0.5) is 0 Å². The fourth-order valence-corrected chi connectivity index (χ4v) is 2.58. The van der Waals surface area contributed by atoms with Crippen molar-refractivity contribution in [2.75, 3.05) is 44.4 Å². The van der Waals surface area contributed by atoms with Crippen molar-refractivity contribution in [3.63, 3.8) is 0 Å². The number of halogens is 1. The molecule has 204 valence electrons. The van der Waals surface area contributed by atoms with Gasteiger partial charge in [0, 0.05) is 29.8 Å². The molecule has 0 fully saturated rings. The highest BCUT2D eigenvalue weighted by molar-refractivity contribution is 14.1. The Morgan fingerprint density at radius 2 is 1.06 bits per heavy atom. The highest BCUT2D eigenvalue weighted by Gasteiger charge is 2.09. The van der Waals surface area contributed by atoms with Crippen LogP contribution in [-0.2, 0) is 9.47 Å². The summed E-state index contributed by atoms with van der Waals surface area (Å²) in [6.07, 6.45) is 6.20. The Kier molecular flexibility index (Phi) is 31.9. The lowest BCUT2D eigenvalue weighted by Crippen LogP contribution is -2.21. The summed E-state index contributed by atoms with van der Waals surface area (Å²) in [6.45, 7) is 17.8. The summed E-state index contributed by atoms with van der Waals surface area (Å²) in [5, 5.41) is 3.34. The van der Waals surface area contributed by atoms with Gasteiger partial charge in [-0.3, -0.25) is 14.4 Å². The molecule has 1 aromatic rings. The van der Waals surface area contributed by atoms with E-state index < -0.39 is 0 Å². The molecule has 0 saturated carbocycles. The number of ether oxygens (including phenoxy) is 2. The Labute approximate surface area is 228 Å². The van der Waals surface area contributed by atoms with Crippen molar-refractivity contribution in [1.82, 2.24) is 5.32 Å². The van der Waals surface area contributed by atoms with Crippen LogP contribution in [0.2, 0.25) is 0 Å².